The van der Waals surface area contributed by atoms with E-state index in [9.17, 15) is 14.4 Å². The molecule has 3 heterocycles. The summed E-state index contributed by atoms with van der Waals surface area (Å²) >= 11 is 6.08. The van der Waals surface area contributed by atoms with Gasteiger partial charge in [-0.05, 0) is 49.2 Å². The van der Waals surface area contributed by atoms with Crippen LogP contribution in [0.2, 0.25) is 5.02 Å². The lowest BCUT2D eigenvalue weighted by Gasteiger charge is -2.44. The first kappa shape index (κ1) is 26.5. The third kappa shape index (κ3) is 5.36. The summed E-state index contributed by atoms with van der Waals surface area (Å²) in [5.41, 5.74) is -0.0861. The molecule has 5 rings (SSSR count). The van der Waals surface area contributed by atoms with Gasteiger partial charge in [0.2, 0.25) is 5.91 Å². The van der Waals surface area contributed by atoms with Crippen molar-refractivity contribution < 1.29 is 28.6 Å². The van der Waals surface area contributed by atoms with E-state index in [1.807, 2.05) is 0 Å². The first-order chi connectivity index (χ1) is 18.4. The van der Waals surface area contributed by atoms with Crippen LogP contribution in [0.4, 0.5) is 0 Å². The molecule has 0 radical (unpaired) electrons. The summed E-state index contributed by atoms with van der Waals surface area (Å²) < 4.78 is 17.2. The van der Waals surface area contributed by atoms with E-state index in [1.54, 1.807) is 58.3 Å². The fourth-order valence-corrected chi connectivity index (χ4v) is 5.65. The molecule has 3 aliphatic heterocycles. The van der Waals surface area contributed by atoms with Crippen LogP contribution in [0.1, 0.15) is 46.4 Å². The molecule has 3 aliphatic rings. The highest BCUT2D eigenvalue weighted by molar-refractivity contribution is 6.30. The monoisotopic (exact) mass is 541 g/mol. The maximum Gasteiger partial charge on any atom is 0.257 e. The van der Waals surface area contributed by atoms with Crippen LogP contribution in [0.3, 0.4) is 0 Å². The van der Waals surface area contributed by atoms with Crippen LogP contribution in [0, 0.1) is 0 Å². The largest absolute Gasteiger partial charge is 0.497 e. The average Bonchev–Trinajstić information content (AvgIpc) is 3.60. The Kier molecular flexibility index (Phi) is 7.88. The van der Waals surface area contributed by atoms with Crippen LogP contribution >= 0.6 is 11.6 Å². The van der Waals surface area contributed by atoms with Crippen molar-refractivity contribution in [3.63, 3.8) is 0 Å². The number of hydrogen-bond donors (Lipinski definition) is 1. The number of piperidine rings is 1. The fraction of sp³-hybridized carbons (Fsp3) is 0.464. The number of amides is 3. The van der Waals surface area contributed by atoms with Crippen molar-refractivity contribution in [2.45, 2.75) is 43.6 Å². The van der Waals surface area contributed by atoms with E-state index < -0.39 is 11.8 Å². The Balaban J connectivity index is 1.36. The minimum atomic E-state index is -1.00. The molecule has 1 spiro atoms. The summed E-state index contributed by atoms with van der Waals surface area (Å²) in [6.45, 7) is 1.91. The van der Waals surface area contributed by atoms with Crippen molar-refractivity contribution in [3.05, 3.63) is 64.7 Å². The molecule has 2 atom stereocenters. The highest BCUT2D eigenvalue weighted by Crippen LogP contribution is 2.39. The molecule has 202 valence electrons. The number of ether oxygens (including phenoxy) is 3. The third-order valence-corrected chi connectivity index (χ3v) is 7.77. The van der Waals surface area contributed by atoms with Crippen molar-refractivity contribution >= 4 is 29.3 Å². The molecular formula is C28H32ClN3O6. The molecule has 0 aliphatic carbocycles. The highest BCUT2D eigenvalue weighted by Gasteiger charge is 2.54. The number of rotatable bonds is 6. The number of likely N-dealkylation sites (tertiary alicyclic amines) is 1. The van der Waals surface area contributed by atoms with Crippen molar-refractivity contribution in [1.29, 1.82) is 0 Å². The summed E-state index contributed by atoms with van der Waals surface area (Å²) in [7, 11) is 1.54. The number of benzene rings is 2. The van der Waals surface area contributed by atoms with Crippen LogP contribution in [-0.4, -0.2) is 85.3 Å². The molecule has 3 amide bonds. The number of halogens is 1. The first-order valence-electron chi connectivity index (χ1n) is 13.0. The van der Waals surface area contributed by atoms with Gasteiger partial charge in [-0.25, -0.2) is 0 Å². The minimum Gasteiger partial charge on any atom is -0.497 e. The maximum absolute atomic E-state index is 13.9. The summed E-state index contributed by atoms with van der Waals surface area (Å²) in [5.74, 6) is -0.164. The zero-order chi connectivity index (χ0) is 26.7. The molecular weight excluding hydrogens is 510 g/mol. The lowest BCUT2D eigenvalue weighted by molar-refractivity contribution is -0.128. The SMILES string of the molecule is COc1cccc(C(=O)N2C(C(=O)NCC3CCCO3)COC23CCN(C(=O)c2cccc(Cl)c2)CC3)c1. The zero-order valence-electron chi connectivity index (χ0n) is 21.4. The van der Waals surface area contributed by atoms with Gasteiger partial charge in [-0.2, -0.15) is 0 Å². The number of hydrogen-bond acceptors (Lipinski definition) is 6. The van der Waals surface area contributed by atoms with Crippen molar-refractivity contribution in [3.8, 4) is 5.75 Å². The third-order valence-electron chi connectivity index (χ3n) is 7.53. The number of methoxy groups -OCH3 is 1. The highest BCUT2D eigenvalue weighted by atomic mass is 35.5. The van der Waals surface area contributed by atoms with Gasteiger partial charge in [0.15, 0.2) is 0 Å². The molecule has 38 heavy (non-hydrogen) atoms. The quantitative estimate of drug-likeness (QED) is 0.603. The van der Waals surface area contributed by atoms with Crippen LogP contribution in [-0.2, 0) is 14.3 Å². The second-order valence-corrected chi connectivity index (χ2v) is 10.3. The number of nitrogens with one attached hydrogen (secondary N) is 1. The number of carbonyl (C=O) groups is 3. The zero-order valence-corrected chi connectivity index (χ0v) is 22.1. The van der Waals surface area contributed by atoms with Gasteiger partial charge in [-0.1, -0.05) is 23.7 Å². The first-order valence-corrected chi connectivity index (χ1v) is 13.3. The molecule has 3 fully saturated rings. The van der Waals surface area contributed by atoms with Crippen LogP contribution < -0.4 is 10.1 Å². The van der Waals surface area contributed by atoms with Gasteiger partial charge >= 0.3 is 0 Å². The van der Waals surface area contributed by atoms with Crippen LogP contribution in [0.25, 0.3) is 0 Å². The predicted molar refractivity (Wildman–Crippen MR) is 140 cm³/mol. The maximum atomic E-state index is 13.9. The fourth-order valence-electron chi connectivity index (χ4n) is 5.46. The second-order valence-electron chi connectivity index (χ2n) is 9.86. The smallest absolute Gasteiger partial charge is 0.257 e. The Hall–Kier alpha value is -3.14. The molecule has 1 N–H and O–H groups in total. The van der Waals surface area contributed by atoms with Gasteiger partial charge in [0.25, 0.3) is 11.8 Å². The lowest BCUT2D eigenvalue weighted by Crippen LogP contribution is -2.60. The summed E-state index contributed by atoms with van der Waals surface area (Å²) in [5, 5.41) is 3.46. The Morgan fingerprint density at radius 3 is 2.50 bits per heavy atom. The summed E-state index contributed by atoms with van der Waals surface area (Å²) in [6.07, 6.45) is 2.61. The van der Waals surface area contributed by atoms with Crippen LogP contribution in [0.15, 0.2) is 48.5 Å². The molecule has 0 aromatic heterocycles. The van der Waals surface area contributed by atoms with Gasteiger partial charge in [0, 0.05) is 55.2 Å². The molecule has 10 heteroatoms. The van der Waals surface area contributed by atoms with E-state index in [0.717, 1.165) is 12.8 Å². The minimum absolute atomic E-state index is 0.0153. The van der Waals surface area contributed by atoms with Gasteiger partial charge in [-0.3, -0.25) is 19.3 Å². The van der Waals surface area contributed by atoms with Crippen molar-refractivity contribution in [2.75, 3.05) is 40.0 Å². The topological polar surface area (TPSA) is 97.4 Å². The van der Waals surface area contributed by atoms with Crippen molar-refractivity contribution in [2.24, 2.45) is 0 Å². The Labute approximate surface area is 227 Å². The van der Waals surface area contributed by atoms with Crippen LogP contribution in [0.5, 0.6) is 5.75 Å². The number of nitrogens with zero attached hydrogens (tertiary/aromatic N) is 2. The molecule has 2 unspecified atom stereocenters. The molecule has 0 bridgehead atoms. The second kappa shape index (κ2) is 11.3. The normalized spacial score (nSPS) is 22.5. The van der Waals surface area contributed by atoms with E-state index in [-0.39, 0.29) is 30.4 Å². The van der Waals surface area contributed by atoms with E-state index >= 15 is 0 Å². The number of carbonyl (C=O) groups excluding carboxylic acids is 3. The standard InChI is InChI=1S/C28H32ClN3O6/c1-36-22-8-3-6-20(16-22)27(35)32-24(25(33)30-17-23-9-4-14-37-23)18-38-28(32)10-12-31(13-11-28)26(34)19-5-2-7-21(29)15-19/h2-3,5-8,15-16,23-24H,4,9-14,17-18H2,1H3,(H,30,33). The Bertz CT molecular complexity index is 1190. The van der Waals surface area contributed by atoms with Gasteiger partial charge in [0.1, 0.15) is 17.5 Å². The average molecular weight is 542 g/mol. The Morgan fingerprint density at radius 2 is 1.82 bits per heavy atom. The van der Waals surface area contributed by atoms with E-state index in [1.165, 1.54) is 7.11 Å². The molecule has 3 saturated heterocycles. The van der Waals surface area contributed by atoms with Gasteiger partial charge < -0.3 is 24.4 Å². The molecule has 2 aromatic carbocycles. The van der Waals surface area contributed by atoms with E-state index in [4.69, 9.17) is 25.8 Å². The van der Waals surface area contributed by atoms with E-state index in [2.05, 4.69) is 5.32 Å². The van der Waals surface area contributed by atoms with Gasteiger partial charge in [0.05, 0.1) is 19.8 Å². The summed E-state index contributed by atoms with van der Waals surface area (Å²) in [4.78, 5) is 43.7. The molecule has 0 saturated carbocycles. The molecule has 2 aromatic rings. The van der Waals surface area contributed by atoms with Crippen molar-refractivity contribution in [1.82, 2.24) is 15.1 Å². The van der Waals surface area contributed by atoms with Gasteiger partial charge in [-0.15, -0.1) is 0 Å². The predicted octanol–water partition coefficient (Wildman–Crippen LogP) is 3.12. The molecule has 9 nitrogen and oxygen atoms in total. The Morgan fingerprint density at radius 1 is 1.08 bits per heavy atom. The lowest BCUT2D eigenvalue weighted by atomic mass is 9.96. The summed E-state index contributed by atoms with van der Waals surface area (Å²) in [6, 6.07) is 12.9. The van der Waals surface area contributed by atoms with E-state index in [0.29, 0.717) is 61.0 Å².